The van der Waals surface area contributed by atoms with E-state index in [1.165, 1.54) is 10.5 Å². The summed E-state index contributed by atoms with van der Waals surface area (Å²) in [4.78, 5) is 13.7. The lowest BCUT2D eigenvalue weighted by Gasteiger charge is -2.20. The fourth-order valence-electron chi connectivity index (χ4n) is 3.04. The minimum absolute atomic E-state index is 0.0457. The lowest BCUT2D eigenvalue weighted by molar-refractivity contribution is -0.905. The number of para-hydroxylation sites is 1. The molecule has 4 nitrogen and oxygen atoms in total. The highest BCUT2D eigenvalue weighted by molar-refractivity contribution is 5.92. The number of hydrogen-bond acceptors (Lipinski definition) is 2. The number of nitrogens with one attached hydrogen (secondary N) is 2. The van der Waals surface area contributed by atoms with Crippen LogP contribution in [0, 0.1) is 13.8 Å². The van der Waals surface area contributed by atoms with Gasteiger partial charge in [0.25, 0.3) is 5.91 Å². The number of quaternary nitrogens is 1. The monoisotopic (exact) mass is 341 g/mol. The molecule has 134 valence electrons. The second kappa shape index (κ2) is 9.23. The van der Waals surface area contributed by atoms with Gasteiger partial charge < -0.3 is 15.0 Å². The smallest absolute Gasteiger partial charge is 0.279 e. The third kappa shape index (κ3) is 5.61. The van der Waals surface area contributed by atoms with Gasteiger partial charge in [-0.15, -0.1) is 0 Å². The van der Waals surface area contributed by atoms with Crippen molar-refractivity contribution in [2.75, 3.05) is 25.5 Å². The van der Waals surface area contributed by atoms with Crippen molar-refractivity contribution in [3.05, 3.63) is 59.2 Å². The highest BCUT2D eigenvalue weighted by Gasteiger charge is 2.17. The molecule has 0 saturated carbocycles. The van der Waals surface area contributed by atoms with E-state index in [2.05, 4.69) is 25.2 Å². The average molecular weight is 341 g/mol. The molecule has 0 fully saturated rings. The van der Waals surface area contributed by atoms with Crippen LogP contribution in [0.4, 0.5) is 5.69 Å². The van der Waals surface area contributed by atoms with Gasteiger partial charge in [-0.2, -0.15) is 0 Å². The first-order valence-electron chi connectivity index (χ1n) is 8.86. The Morgan fingerprint density at radius 1 is 1.16 bits per heavy atom. The molecule has 0 heterocycles. The molecule has 0 aliphatic rings. The van der Waals surface area contributed by atoms with E-state index >= 15 is 0 Å². The van der Waals surface area contributed by atoms with E-state index in [1.807, 2.05) is 43.3 Å². The van der Waals surface area contributed by atoms with Crippen molar-refractivity contribution >= 4 is 11.6 Å². The van der Waals surface area contributed by atoms with Crippen molar-refractivity contribution in [1.29, 1.82) is 0 Å². The summed E-state index contributed by atoms with van der Waals surface area (Å²) in [7, 11) is 1.69. The number of carbonyl (C=O) groups excluding carboxylic acids is 1. The average Bonchev–Trinajstić information content (AvgIpc) is 2.57. The molecule has 4 heteroatoms. The Balaban J connectivity index is 2.06. The maximum Gasteiger partial charge on any atom is 0.279 e. The van der Waals surface area contributed by atoms with E-state index in [1.54, 1.807) is 7.11 Å². The molecule has 0 aromatic heterocycles. The first-order chi connectivity index (χ1) is 12.0. The molecule has 2 N–H and O–H groups in total. The van der Waals surface area contributed by atoms with Crippen LogP contribution in [0.15, 0.2) is 42.5 Å². The maximum absolute atomic E-state index is 12.5. The van der Waals surface area contributed by atoms with Gasteiger partial charge in [0.15, 0.2) is 6.54 Å². The van der Waals surface area contributed by atoms with Crippen molar-refractivity contribution in [1.82, 2.24) is 0 Å². The number of anilines is 1. The molecular formula is C21H29N2O2+. The molecule has 1 unspecified atom stereocenters. The van der Waals surface area contributed by atoms with Gasteiger partial charge in [-0.25, -0.2) is 0 Å². The Morgan fingerprint density at radius 3 is 2.60 bits per heavy atom. The number of benzene rings is 2. The van der Waals surface area contributed by atoms with Crippen LogP contribution >= 0.6 is 0 Å². The molecule has 0 bridgehead atoms. The summed E-state index contributed by atoms with van der Waals surface area (Å²) in [6, 6.07) is 14.1. The third-order valence-electron chi connectivity index (χ3n) is 4.31. The standard InChI is InChI=1S/C21H28N2O2/c1-5-12-23(14-18-13-16(2)10-11-20(18)25-4)15-21(24)22-19-9-7-6-8-17(19)3/h6-11,13H,5,12,14-15H2,1-4H3,(H,22,24)/p+1. The number of methoxy groups -OCH3 is 1. The Morgan fingerprint density at radius 2 is 1.92 bits per heavy atom. The first-order valence-corrected chi connectivity index (χ1v) is 8.86. The van der Waals surface area contributed by atoms with Crippen molar-refractivity contribution in [3.63, 3.8) is 0 Å². The number of hydrogen-bond donors (Lipinski definition) is 2. The van der Waals surface area contributed by atoms with Crippen LogP contribution < -0.4 is 15.0 Å². The number of aryl methyl sites for hydroxylation is 2. The van der Waals surface area contributed by atoms with Crippen LogP contribution in [0.25, 0.3) is 0 Å². The van der Waals surface area contributed by atoms with E-state index < -0.39 is 0 Å². The SMILES string of the molecule is CCC[NH+](CC(=O)Nc1ccccc1C)Cc1cc(C)ccc1OC. The van der Waals surface area contributed by atoms with Crippen molar-refractivity contribution in [2.24, 2.45) is 0 Å². The van der Waals surface area contributed by atoms with Crippen molar-refractivity contribution in [2.45, 2.75) is 33.7 Å². The Kier molecular flexibility index (Phi) is 7.02. The van der Waals surface area contributed by atoms with Gasteiger partial charge in [0.05, 0.1) is 13.7 Å². The summed E-state index contributed by atoms with van der Waals surface area (Å²) in [5, 5.41) is 3.03. The van der Waals surface area contributed by atoms with Crippen LogP contribution in [-0.4, -0.2) is 26.1 Å². The zero-order valence-electron chi connectivity index (χ0n) is 15.7. The predicted octanol–water partition coefficient (Wildman–Crippen LogP) is 2.75. The van der Waals surface area contributed by atoms with Gasteiger partial charge in [0, 0.05) is 11.3 Å². The van der Waals surface area contributed by atoms with Gasteiger partial charge in [-0.05, 0) is 44.0 Å². The minimum atomic E-state index is 0.0457. The Labute approximate surface area is 150 Å². The molecule has 2 rings (SSSR count). The minimum Gasteiger partial charge on any atom is -0.496 e. The van der Waals surface area contributed by atoms with Crippen molar-refractivity contribution in [3.8, 4) is 5.75 Å². The molecule has 0 spiro atoms. The first kappa shape index (κ1) is 19.0. The second-order valence-corrected chi connectivity index (χ2v) is 6.53. The molecule has 1 atom stereocenters. The molecule has 1 amide bonds. The summed E-state index contributed by atoms with van der Waals surface area (Å²) in [5.74, 6) is 0.933. The zero-order chi connectivity index (χ0) is 18.2. The quantitative estimate of drug-likeness (QED) is 0.775. The largest absolute Gasteiger partial charge is 0.496 e. The molecule has 2 aromatic carbocycles. The number of rotatable bonds is 8. The normalized spacial score (nSPS) is 11.8. The lowest BCUT2D eigenvalue weighted by Crippen LogP contribution is -3.11. The van der Waals surface area contributed by atoms with Gasteiger partial charge in [-0.3, -0.25) is 4.79 Å². The summed E-state index contributed by atoms with van der Waals surface area (Å²) in [5.41, 5.74) is 4.32. The molecule has 25 heavy (non-hydrogen) atoms. The topological polar surface area (TPSA) is 42.8 Å². The van der Waals surface area contributed by atoms with E-state index in [0.29, 0.717) is 6.54 Å². The molecule has 0 radical (unpaired) electrons. The third-order valence-corrected chi connectivity index (χ3v) is 4.31. The van der Waals surface area contributed by atoms with E-state index in [-0.39, 0.29) is 5.91 Å². The number of amides is 1. The van der Waals surface area contributed by atoms with Crippen LogP contribution in [0.2, 0.25) is 0 Å². The van der Waals surface area contributed by atoms with E-state index in [4.69, 9.17) is 4.74 Å². The zero-order valence-corrected chi connectivity index (χ0v) is 15.7. The van der Waals surface area contributed by atoms with Gasteiger partial charge in [0.1, 0.15) is 12.3 Å². The Hall–Kier alpha value is -2.33. The van der Waals surface area contributed by atoms with Crippen LogP contribution in [0.3, 0.4) is 0 Å². The van der Waals surface area contributed by atoms with Crippen molar-refractivity contribution < 1.29 is 14.4 Å². The summed E-state index contributed by atoms with van der Waals surface area (Å²) < 4.78 is 5.48. The fourth-order valence-corrected chi connectivity index (χ4v) is 3.04. The molecule has 0 aliphatic heterocycles. The molecule has 0 aliphatic carbocycles. The maximum atomic E-state index is 12.5. The molecular weight excluding hydrogens is 312 g/mol. The number of ether oxygens (including phenoxy) is 1. The van der Waals surface area contributed by atoms with Gasteiger partial charge in [0.2, 0.25) is 0 Å². The van der Waals surface area contributed by atoms with Gasteiger partial charge in [-0.1, -0.05) is 36.8 Å². The summed E-state index contributed by atoms with van der Waals surface area (Å²) >= 11 is 0. The van der Waals surface area contributed by atoms with Gasteiger partial charge >= 0.3 is 0 Å². The van der Waals surface area contributed by atoms with E-state index in [9.17, 15) is 4.79 Å². The summed E-state index contributed by atoms with van der Waals surface area (Å²) in [6.45, 7) is 8.39. The van der Waals surface area contributed by atoms with Crippen LogP contribution in [0.5, 0.6) is 5.75 Å². The highest BCUT2D eigenvalue weighted by Crippen LogP contribution is 2.18. The second-order valence-electron chi connectivity index (χ2n) is 6.53. The predicted molar refractivity (Wildman–Crippen MR) is 102 cm³/mol. The van der Waals surface area contributed by atoms with Crippen LogP contribution in [0.1, 0.15) is 30.0 Å². The highest BCUT2D eigenvalue weighted by atomic mass is 16.5. The summed E-state index contributed by atoms with van der Waals surface area (Å²) in [6.07, 6.45) is 1.03. The lowest BCUT2D eigenvalue weighted by atomic mass is 10.1. The molecule has 2 aromatic rings. The van der Waals surface area contributed by atoms with Crippen LogP contribution in [-0.2, 0) is 11.3 Å². The molecule has 0 saturated heterocycles. The van der Waals surface area contributed by atoms with E-state index in [0.717, 1.165) is 42.1 Å². The fraction of sp³-hybridized carbons (Fsp3) is 0.381. The number of carbonyl (C=O) groups is 1. The Bertz CT molecular complexity index is 713.